The van der Waals surface area contributed by atoms with Gasteiger partial charge in [-0.3, -0.25) is 4.40 Å². The Balaban J connectivity index is 1.12. The van der Waals surface area contributed by atoms with Gasteiger partial charge in [-0.25, -0.2) is 19.9 Å². The average molecular weight is 578 g/mol. The van der Waals surface area contributed by atoms with Crippen LogP contribution >= 0.6 is 0 Å². The third-order valence-corrected chi connectivity index (χ3v) is 8.70. The topological polar surface area (TPSA) is 56.0 Å². The lowest BCUT2D eigenvalue weighted by Crippen LogP contribution is -2.02. The maximum atomic E-state index is 5.21. The van der Waals surface area contributed by atoms with Gasteiger partial charge in [-0.05, 0) is 53.8 Å². The molecular weight excluding hydrogens is 550 g/mol. The van der Waals surface area contributed by atoms with E-state index in [0.29, 0.717) is 0 Å². The van der Waals surface area contributed by atoms with Gasteiger partial charge in [0.2, 0.25) is 0 Å². The molecule has 9 rings (SSSR count). The summed E-state index contributed by atoms with van der Waals surface area (Å²) in [5, 5.41) is 1.05. The van der Waals surface area contributed by atoms with Gasteiger partial charge >= 0.3 is 0 Å². The Labute approximate surface area is 260 Å². The number of benzene rings is 4. The summed E-state index contributed by atoms with van der Waals surface area (Å²) < 4.78 is 2.08. The smallest absolute Gasteiger partial charge is 0.165 e. The molecular formula is C40H27N5. The van der Waals surface area contributed by atoms with Gasteiger partial charge in [-0.15, -0.1) is 0 Å². The zero-order valence-electron chi connectivity index (χ0n) is 24.4. The van der Waals surface area contributed by atoms with Gasteiger partial charge < -0.3 is 0 Å². The summed E-state index contributed by atoms with van der Waals surface area (Å²) in [5.74, 6) is 0.719. The number of allylic oxidation sites excluding steroid dienone is 1. The first-order valence-electron chi connectivity index (χ1n) is 15.3. The minimum absolute atomic E-state index is 0.719. The third kappa shape index (κ3) is 4.32. The molecule has 1 aliphatic carbocycles. The molecule has 212 valence electrons. The van der Waals surface area contributed by atoms with Gasteiger partial charge in [-0.1, -0.05) is 109 Å². The molecule has 0 saturated heterocycles. The van der Waals surface area contributed by atoms with Crippen molar-refractivity contribution in [3.05, 3.63) is 145 Å². The number of pyridine rings is 2. The maximum Gasteiger partial charge on any atom is 0.165 e. The van der Waals surface area contributed by atoms with E-state index in [1.807, 2.05) is 54.7 Å². The number of para-hydroxylation sites is 1. The van der Waals surface area contributed by atoms with Crippen LogP contribution in [0, 0.1) is 0 Å². The lowest BCUT2D eigenvalue weighted by atomic mass is 9.92. The molecule has 4 aromatic carbocycles. The SMILES string of the molecule is C1=Cc2c(c(-c3ccc(-c4cccc(-c5nc(-c6ccccc6)c6ccccc6n5)c4)cc3)nc3c2nc2ccccn23)CC1. The molecule has 0 N–H and O–H groups in total. The number of imidazole rings is 1. The second-order valence-electron chi connectivity index (χ2n) is 11.4. The van der Waals surface area contributed by atoms with E-state index in [9.17, 15) is 0 Å². The van der Waals surface area contributed by atoms with Crippen LogP contribution in [0.1, 0.15) is 17.5 Å². The van der Waals surface area contributed by atoms with Crippen molar-refractivity contribution in [1.82, 2.24) is 24.3 Å². The van der Waals surface area contributed by atoms with Gasteiger partial charge in [0, 0.05) is 33.8 Å². The van der Waals surface area contributed by atoms with Crippen molar-refractivity contribution in [2.75, 3.05) is 0 Å². The highest BCUT2D eigenvalue weighted by Crippen LogP contribution is 2.36. The van der Waals surface area contributed by atoms with Crippen molar-refractivity contribution in [3.63, 3.8) is 0 Å². The van der Waals surface area contributed by atoms with Gasteiger partial charge in [0.1, 0.15) is 11.2 Å². The first-order valence-corrected chi connectivity index (χ1v) is 15.3. The van der Waals surface area contributed by atoms with Crippen molar-refractivity contribution in [2.24, 2.45) is 0 Å². The highest BCUT2D eigenvalue weighted by Gasteiger charge is 2.20. The number of hydrogen-bond donors (Lipinski definition) is 0. The molecule has 0 atom stereocenters. The molecule has 0 aliphatic heterocycles. The summed E-state index contributed by atoms with van der Waals surface area (Å²) in [4.78, 5) is 20.2. The number of hydrogen-bond acceptors (Lipinski definition) is 4. The summed E-state index contributed by atoms with van der Waals surface area (Å²) in [5.41, 5.74) is 13.6. The second kappa shape index (κ2) is 10.4. The molecule has 45 heavy (non-hydrogen) atoms. The maximum absolute atomic E-state index is 5.21. The van der Waals surface area contributed by atoms with Crippen LogP contribution in [0.2, 0.25) is 0 Å². The lowest BCUT2D eigenvalue weighted by Gasteiger charge is -2.16. The fraction of sp³-hybridized carbons (Fsp3) is 0.0500. The molecule has 5 nitrogen and oxygen atoms in total. The van der Waals surface area contributed by atoms with Gasteiger partial charge in [0.15, 0.2) is 11.5 Å². The van der Waals surface area contributed by atoms with Crippen molar-refractivity contribution >= 4 is 33.8 Å². The van der Waals surface area contributed by atoms with Gasteiger partial charge in [-0.2, -0.15) is 0 Å². The minimum atomic E-state index is 0.719. The molecule has 0 amide bonds. The largest absolute Gasteiger partial charge is 0.284 e. The summed E-state index contributed by atoms with van der Waals surface area (Å²) in [6.07, 6.45) is 8.47. The number of fused-ring (bicyclic) bond motifs is 6. The number of aromatic nitrogens is 5. The average Bonchev–Trinajstić information content (AvgIpc) is 3.50. The van der Waals surface area contributed by atoms with Gasteiger partial charge in [0.05, 0.1) is 16.9 Å². The molecule has 4 heterocycles. The number of rotatable bonds is 4. The van der Waals surface area contributed by atoms with E-state index < -0.39 is 0 Å². The van der Waals surface area contributed by atoms with Crippen LogP contribution in [0.25, 0.3) is 78.8 Å². The summed E-state index contributed by atoms with van der Waals surface area (Å²) in [6.45, 7) is 0. The molecule has 0 saturated carbocycles. The Morgan fingerprint density at radius 2 is 1.31 bits per heavy atom. The molecule has 8 aromatic rings. The highest BCUT2D eigenvalue weighted by atomic mass is 15.1. The first-order chi connectivity index (χ1) is 22.3. The van der Waals surface area contributed by atoms with E-state index in [1.54, 1.807) is 0 Å². The normalized spacial score (nSPS) is 12.6. The molecule has 0 unspecified atom stereocenters. The second-order valence-corrected chi connectivity index (χ2v) is 11.4. The van der Waals surface area contributed by atoms with E-state index in [4.69, 9.17) is 19.9 Å². The summed E-state index contributed by atoms with van der Waals surface area (Å²) in [7, 11) is 0. The van der Waals surface area contributed by atoms with Crippen molar-refractivity contribution < 1.29 is 0 Å². The molecule has 4 aromatic heterocycles. The Morgan fingerprint density at radius 1 is 0.556 bits per heavy atom. The van der Waals surface area contributed by atoms with E-state index in [-0.39, 0.29) is 0 Å². The fourth-order valence-corrected chi connectivity index (χ4v) is 6.49. The van der Waals surface area contributed by atoms with E-state index in [0.717, 1.165) is 85.6 Å². The first kappa shape index (κ1) is 25.5. The summed E-state index contributed by atoms with van der Waals surface area (Å²) >= 11 is 0. The van der Waals surface area contributed by atoms with Crippen molar-refractivity contribution in [1.29, 1.82) is 0 Å². The third-order valence-electron chi connectivity index (χ3n) is 8.70. The molecule has 0 radical (unpaired) electrons. The van der Waals surface area contributed by atoms with E-state index in [2.05, 4.69) is 89.3 Å². The number of nitrogens with zero attached hydrogens (tertiary/aromatic N) is 5. The van der Waals surface area contributed by atoms with Crippen LogP contribution < -0.4 is 0 Å². The predicted octanol–water partition coefficient (Wildman–Crippen LogP) is 9.45. The van der Waals surface area contributed by atoms with Gasteiger partial charge in [0.25, 0.3) is 0 Å². The standard InChI is InChI=1S/C40H27N5/c1-2-11-27(12-3-1)37-33-17-6-7-18-34(33)41-39(43-37)30-14-10-13-29(25-30)26-20-22-28(23-21-26)36-31-15-4-5-16-32(31)38-40(44-36)45-24-9-8-19-35(45)42-38/h1-3,5-14,16-25H,4,15H2. The molecule has 5 heteroatoms. The Kier molecular flexibility index (Phi) is 5.88. The Bertz CT molecular complexity index is 2420. The van der Waals surface area contributed by atoms with Crippen LogP contribution in [0.15, 0.2) is 134 Å². The Morgan fingerprint density at radius 3 is 2.22 bits per heavy atom. The zero-order chi connectivity index (χ0) is 29.7. The zero-order valence-corrected chi connectivity index (χ0v) is 24.4. The summed E-state index contributed by atoms with van der Waals surface area (Å²) in [6, 6.07) is 41.9. The molecule has 0 bridgehead atoms. The van der Waals surface area contributed by atoms with Crippen LogP contribution in [0.3, 0.4) is 0 Å². The monoisotopic (exact) mass is 577 g/mol. The van der Waals surface area contributed by atoms with Crippen LogP contribution in [0.4, 0.5) is 0 Å². The van der Waals surface area contributed by atoms with E-state index >= 15 is 0 Å². The lowest BCUT2D eigenvalue weighted by molar-refractivity contribution is 0.979. The molecule has 1 aliphatic rings. The Hall–Kier alpha value is -5.94. The predicted molar refractivity (Wildman–Crippen MR) is 183 cm³/mol. The van der Waals surface area contributed by atoms with Crippen LogP contribution in [-0.4, -0.2) is 24.3 Å². The van der Waals surface area contributed by atoms with E-state index in [1.165, 1.54) is 11.1 Å². The van der Waals surface area contributed by atoms with Crippen molar-refractivity contribution in [2.45, 2.75) is 12.8 Å². The quantitative estimate of drug-likeness (QED) is 0.209. The van der Waals surface area contributed by atoms with Crippen LogP contribution in [-0.2, 0) is 6.42 Å². The minimum Gasteiger partial charge on any atom is -0.284 e. The van der Waals surface area contributed by atoms with Crippen molar-refractivity contribution in [3.8, 4) is 45.0 Å². The van der Waals surface area contributed by atoms with Crippen LogP contribution in [0.5, 0.6) is 0 Å². The highest BCUT2D eigenvalue weighted by molar-refractivity contribution is 5.94. The molecule has 0 spiro atoms. The fourth-order valence-electron chi connectivity index (χ4n) is 6.49. The molecule has 0 fully saturated rings.